The van der Waals surface area contributed by atoms with Gasteiger partial charge in [-0.2, -0.15) is 0 Å². The number of morpholine rings is 1. The molecule has 21 heavy (non-hydrogen) atoms. The van der Waals surface area contributed by atoms with E-state index in [0.29, 0.717) is 24.5 Å². The Balaban J connectivity index is 2.17. The number of carboxylic acids is 1. The molecule has 1 aliphatic heterocycles. The third kappa shape index (κ3) is 2.54. The second kappa shape index (κ2) is 5.29. The Hall–Kier alpha value is -2.21. The first-order chi connectivity index (χ1) is 10.1. The van der Waals surface area contributed by atoms with Crippen LogP contribution < -0.4 is 4.90 Å². The second-order valence-corrected chi connectivity index (χ2v) is 5.34. The van der Waals surface area contributed by atoms with Gasteiger partial charge in [0.1, 0.15) is 5.82 Å². The van der Waals surface area contributed by atoms with Gasteiger partial charge in [0, 0.05) is 11.9 Å². The molecule has 0 radical (unpaired) electrons. The number of anilines is 1. The van der Waals surface area contributed by atoms with Crippen LogP contribution in [0.5, 0.6) is 0 Å². The number of aromatic nitrogens is 2. The molecule has 0 saturated carbocycles. The van der Waals surface area contributed by atoms with E-state index in [-0.39, 0.29) is 18.0 Å². The average Bonchev–Trinajstić information content (AvgIpc) is 2.48. The zero-order valence-electron chi connectivity index (χ0n) is 12.0. The first kappa shape index (κ1) is 13.8. The number of ether oxygens (including phenoxy) is 1. The van der Waals surface area contributed by atoms with E-state index in [0.717, 1.165) is 5.39 Å². The van der Waals surface area contributed by atoms with Gasteiger partial charge < -0.3 is 14.7 Å². The minimum Gasteiger partial charge on any atom is -0.475 e. The van der Waals surface area contributed by atoms with Crippen LogP contribution in [0.2, 0.25) is 0 Å². The lowest BCUT2D eigenvalue weighted by molar-refractivity contribution is 0.0341. The summed E-state index contributed by atoms with van der Waals surface area (Å²) in [6.07, 6.45) is 0.0863. The van der Waals surface area contributed by atoms with Gasteiger partial charge in [0.05, 0.1) is 24.3 Å². The monoisotopic (exact) mass is 287 g/mol. The van der Waals surface area contributed by atoms with Crippen molar-refractivity contribution in [3.63, 3.8) is 0 Å². The summed E-state index contributed by atoms with van der Waals surface area (Å²) in [5, 5.41) is 10.1. The van der Waals surface area contributed by atoms with Crippen molar-refractivity contribution < 1.29 is 14.6 Å². The molecule has 1 aromatic carbocycles. The summed E-state index contributed by atoms with van der Waals surface area (Å²) in [6.45, 7) is 5.33. The number of benzene rings is 1. The van der Waals surface area contributed by atoms with Crippen LogP contribution in [-0.2, 0) is 4.74 Å². The maximum absolute atomic E-state index is 11.3. The molecule has 6 heteroatoms. The summed E-state index contributed by atoms with van der Waals surface area (Å²) >= 11 is 0. The van der Waals surface area contributed by atoms with Crippen molar-refractivity contribution in [1.82, 2.24) is 9.97 Å². The number of carbonyl (C=O) groups is 1. The Morgan fingerprint density at radius 2 is 2.10 bits per heavy atom. The standard InChI is InChI=1S/C15H17N3O3/c1-9-8-21-10(2)7-18(9)14-11-5-3-4-6-12(11)16-13(17-14)15(19)20/h3-6,9-10H,7-8H2,1-2H3,(H,19,20). The second-order valence-electron chi connectivity index (χ2n) is 5.34. The van der Waals surface area contributed by atoms with Crippen molar-refractivity contribution in [2.24, 2.45) is 0 Å². The minimum absolute atomic E-state index is 0.0863. The molecule has 1 saturated heterocycles. The maximum Gasteiger partial charge on any atom is 0.374 e. The number of carboxylic acid groups (broad SMARTS) is 1. The Labute approximate surface area is 122 Å². The van der Waals surface area contributed by atoms with E-state index < -0.39 is 5.97 Å². The molecule has 6 nitrogen and oxygen atoms in total. The van der Waals surface area contributed by atoms with Crippen LogP contribution in [0.25, 0.3) is 10.9 Å². The predicted molar refractivity (Wildman–Crippen MR) is 78.7 cm³/mol. The number of fused-ring (bicyclic) bond motifs is 1. The van der Waals surface area contributed by atoms with Gasteiger partial charge in [0.25, 0.3) is 0 Å². The highest BCUT2D eigenvalue weighted by atomic mass is 16.5. The smallest absolute Gasteiger partial charge is 0.374 e. The summed E-state index contributed by atoms with van der Waals surface area (Å²) in [6, 6.07) is 7.62. The van der Waals surface area contributed by atoms with E-state index >= 15 is 0 Å². The van der Waals surface area contributed by atoms with Crippen molar-refractivity contribution in [3.8, 4) is 0 Å². The van der Waals surface area contributed by atoms with E-state index in [4.69, 9.17) is 4.74 Å². The highest BCUT2D eigenvalue weighted by molar-refractivity contribution is 5.94. The van der Waals surface area contributed by atoms with Gasteiger partial charge in [-0.05, 0) is 26.0 Å². The minimum atomic E-state index is -1.11. The largest absolute Gasteiger partial charge is 0.475 e. The lowest BCUT2D eigenvalue weighted by Gasteiger charge is -2.38. The van der Waals surface area contributed by atoms with Crippen LogP contribution in [0.4, 0.5) is 5.82 Å². The summed E-state index contributed by atoms with van der Waals surface area (Å²) < 4.78 is 5.63. The molecular formula is C15H17N3O3. The van der Waals surface area contributed by atoms with Crippen LogP contribution in [0, 0.1) is 0 Å². The molecule has 0 spiro atoms. The number of aromatic carboxylic acids is 1. The molecule has 0 amide bonds. The Morgan fingerprint density at radius 1 is 1.33 bits per heavy atom. The third-order valence-corrected chi connectivity index (χ3v) is 3.65. The van der Waals surface area contributed by atoms with Gasteiger partial charge in [-0.1, -0.05) is 12.1 Å². The van der Waals surface area contributed by atoms with Crippen molar-refractivity contribution in [1.29, 1.82) is 0 Å². The van der Waals surface area contributed by atoms with Crippen LogP contribution in [-0.4, -0.2) is 46.3 Å². The van der Waals surface area contributed by atoms with E-state index in [9.17, 15) is 9.90 Å². The van der Waals surface area contributed by atoms with E-state index in [2.05, 4.69) is 14.9 Å². The molecule has 1 fully saturated rings. The van der Waals surface area contributed by atoms with Crippen LogP contribution in [0.3, 0.4) is 0 Å². The molecule has 2 heterocycles. The Bertz CT molecular complexity index is 689. The van der Waals surface area contributed by atoms with Gasteiger partial charge in [-0.25, -0.2) is 14.8 Å². The SMILES string of the molecule is CC1CN(c2nc(C(=O)O)nc3ccccc23)C(C)CO1. The Morgan fingerprint density at radius 3 is 2.86 bits per heavy atom. The molecule has 1 aliphatic rings. The van der Waals surface area contributed by atoms with E-state index in [1.54, 1.807) is 0 Å². The highest BCUT2D eigenvalue weighted by Gasteiger charge is 2.27. The summed E-state index contributed by atoms with van der Waals surface area (Å²) in [5.74, 6) is -0.619. The number of para-hydroxylation sites is 1. The zero-order valence-corrected chi connectivity index (χ0v) is 12.0. The highest BCUT2D eigenvalue weighted by Crippen LogP contribution is 2.27. The molecule has 2 unspecified atom stereocenters. The molecule has 110 valence electrons. The molecule has 0 bridgehead atoms. The summed E-state index contributed by atoms with van der Waals surface area (Å²) in [5.41, 5.74) is 0.645. The molecule has 0 aliphatic carbocycles. The molecule has 1 aromatic heterocycles. The van der Waals surface area contributed by atoms with Crippen LogP contribution >= 0.6 is 0 Å². The number of rotatable bonds is 2. The quantitative estimate of drug-likeness (QED) is 0.909. The van der Waals surface area contributed by atoms with Crippen LogP contribution in [0.1, 0.15) is 24.5 Å². The lowest BCUT2D eigenvalue weighted by atomic mass is 10.1. The Kier molecular flexibility index (Phi) is 3.47. The van der Waals surface area contributed by atoms with Gasteiger partial charge >= 0.3 is 5.97 Å². The summed E-state index contributed by atoms with van der Waals surface area (Å²) in [4.78, 5) is 21.7. The van der Waals surface area contributed by atoms with Crippen molar-refractivity contribution in [2.75, 3.05) is 18.1 Å². The van der Waals surface area contributed by atoms with Gasteiger partial charge in [0.15, 0.2) is 0 Å². The molecule has 3 rings (SSSR count). The molecule has 2 atom stereocenters. The number of nitrogens with zero attached hydrogens (tertiary/aromatic N) is 3. The normalized spacial score (nSPS) is 22.5. The van der Waals surface area contributed by atoms with Gasteiger partial charge in [0.2, 0.25) is 5.82 Å². The van der Waals surface area contributed by atoms with Crippen LogP contribution in [0.15, 0.2) is 24.3 Å². The van der Waals surface area contributed by atoms with Gasteiger partial charge in [-0.3, -0.25) is 0 Å². The van der Waals surface area contributed by atoms with E-state index in [1.165, 1.54) is 0 Å². The number of hydrogen-bond donors (Lipinski definition) is 1. The van der Waals surface area contributed by atoms with Crippen molar-refractivity contribution in [3.05, 3.63) is 30.1 Å². The van der Waals surface area contributed by atoms with Crippen molar-refractivity contribution >= 4 is 22.7 Å². The fraction of sp³-hybridized carbons (Fsp3) is 0.400. The summed E-state index contributed by atoms with van der Waals surface area (Å²) in [7, 11) is 0. The lowest BCUT2D eigenvalue weighted by Crippen LogP contribution is -2.48. The molecule has 1 N–H and O–H groups in total. The predicted octanol–water partition coefficient (Wildman–Crippen LogP) is 1.94. The topological polar surface area (TPSA) is 75.6 Å². The zero-order chi connectivity index (χ0) is 15.0. The maximum atomic E-state index is 11.3. The fourth-order valence-corrected chi connectivity index (χ4v) is 2.57. The average molecular weight is 287 g/mol. The first-order valence-electron chi connectivity index (χ1n) is 6.94. The third-order valence-electron chi connectivity index (χ3n) is 3.65. The molecule has 2 aromatic rings. The first-order valence-corrected chi connectivity index (χ1v) is 6.94. The van der Waals surface area contributed by atoms with Crippen molar-refractivity contribution in [2.45, 2.75) is 26.0 Å². The molecular weight excluding hydrogens is 270 g/mol. The van der Waals surface area contributed by atoms with E-state index in [1.807, 2.05) is 38.1 Å². The van der Waals surface area contributed by atoms with Gasteiger partial charge in [-0.15, -0.1) is 0 Å². The number of hydrogen-bond acceptors (Lipinski definition) is 5. The fourth-order valence-electron chi connectivity index (χ4n) is 2.57.